The summed E-state index contributed by atoms with van der Waals surface area (Å²) in [6, 6.07) is 20.0. The van der Waals surface area contributed by atoms with E-state index in [1.165, 1.54) is 23.5 Å². The third-order valence-corrected chi connectivity index (χ3v) is 8.04. The summed E-state index contributed by atoms with van der Waals surface area (Å²) >= 11 is 1.26. The van der Waals surface area contributed by atoms with E-state index in [1.54, 1.807) is 55.0 Å². The number of fused-ring (bicyclic) bond motifs is 1. The van der Waals surface area contributed by atoms with Crippen LogP contribution in [0.5, 0.6) is 11.5 Å². The molecular weight excluding hydrogens is 582 g/mol. The molecule has 1 aliphatic rings. The summed E-state index contributed by atoms with van der Waals surface area (Å²) in [5.41, 5.74) is 2.94. The predicted octanol–water partition coefficient (Wildman–Crippen LogP) is 5.07. The summed E-state index contributed by atoms with van der Waals surface area (Å²) < 4.78 is 19.0. The highest BCUT2D eigenvalue weighted by Gasteiger charge is 2.35. The number of carbonyl (C=O) groups excluding carboxylic acids is 1. The maximum absolute atomic E-state index is 14.0. The topological polar surface area (TPSA) is 122 Å². The molecule has 0 amide bonds. The van der Waals surface area contributed by atoms with Crippen molar-refractivity contribution in [3.05, 3.63) is 131 Å². The van der Waals surface area contributed by atoms with Gasteiger partial charge in [-0.05, 0) is 60.9 Å². The Kier molecular flexibility index (Phi) is 9.35. The van der Waals surface area contributed by atoms with Gasteiger partial charge in [-0.3, -0.25) is 19.5 Å². The Labute approximate surface area is 257 Å². The van der Waals surface area contributed by atoms with Crippen LogP contribution in [0.1, 0.15) is 49.4 Å². The fraction of sp³-hybridized carbons (Fsp3) is 0.242. The molecule has 3 aromatic carbocycles. The van der Waals surface area contributed by atoms with Crippen molar-refractivity contribution in [1.82, 2.24) is 4.57 Å². The van der Waals surface area contributed by atoms with Crippen molar-refractivity contribution in [3.63, 3.8) is 0 Å². The number of thiazole rings is 1. The van der Waals surface area contributed by atoms with Gasteiger partial charge in [-0.25, -0.2) is 9.79 Å². The molecule has 226 valence electrons. The van der Waals surface area contributed by atoms with Crippen LogP contribution in [0, 0.1) is 10.1 Å². The first-order valence-electron chi connectivity index (χ1n) is 14.2. The first-order valence-corrected chi connectivity index (χ1v) is 15.0. The van der Waals surface area contributed by atoms with E-state index in [0.717, 1.165) is 17.5 Å². The molecule has 0 bridgehead atoms. The van der Waals surface area contributed by atoms with E-state index in [4.69, 9.17) is 19.2 Å². The lowest BCUT2D eigenvalue weighted by atomic mass is 9.93. The molecule has 0 fully saturated rings. The number of para-hydroxylation sites is 1. The second-order valence-corrected chi connectivity index (χ2v) is 10.9. The van der Waals surface area contributed by atoms with Crippen molar-refractivity contribution in [2.24, 2.45) is 4.99 Å². The highest BCUT2D eigenvalue weighted by atomic mass is 32.1. The number of non-ortho nitro benzene ring substituents is 1. The maximum atomic E-state index is 14.0. The molecule has 0 N–H and O–H groups in total. The number of allylic oxidation sites excluding steroid dienone is 1. The maximum Gasteiger partial charge on any atom is 0.338 e. The number of rotatable bonds is 11. The molecule has 5 rings (SSSR count). The SMILES string of the molecule is CCCC1=C(C(=O)OCC)C(c2ccccc2OC)n2c(s/c(=C\c3ccc(OCc4ccc([N+](=O)[O-])cc4)cc3)c2=O)=N1. The molecule has 1 aliphatic heterocycles. The van der Waals surface area contributed by atoms with Gasteiger partial charge in [0.05, 0.1) is 34.4 Å². The number of carbonyl (C=O) groups is 1. The Morgan fingerprint density at radius 2 is 1.80 bits per heavy atom. The van der Waals surface area contributed by atoms with Gasteiger partial charge in [0.2, 0.25) is 0 Å². The van der Waals surface area contributed by atoms with Gasteiger partial charge in [0.15, 0.2) is 4.80 Å². The number of hydrogen-bond donors (Lipinski definition) is 0. The quantitative estimate of drug-likeness (QED) is 0.131. The first kappa shape index (κ1) is 30.4. The smallest absolute Gasteiger partial charge is 0.338 e. The Bertz CT molecular complexity index is 1890. The van der Waals surface area contributed by atoms with Crippen molar-refractivity contribution in [1.29, 1.82) is 0 Å². The molecule has 0 aliphatic carbocycles. The number of aromatic nitrogens is 1. The minimum atomic E-state index is -0.764. The van der Waals surface area contributed by atoms with Crippen LogP contribution in [0.3, 0.4) is 0 Å². The summed E-state index contributed by atoms with van der Waals surface area (Å²) in [6.07, 6.45) is 3.09. The predicted molar refractivity (Wildman–Crippen MR) is 166 cm³/mol. The van der Waals surface area contributed by atoms with E-state index in [-0.39, 0.29) is 24.5 Å². The molecule has 10 nitrogen and oxygen atoms in total. The van der Waals surface area contributed by atoms with E-state index >= 15 is 0 Å². The summed E-state index contributed by atoms with van der Waals surface area (Å²) in [6.45, 7) is 4.20. The fourth-order valence-corrected chi connectivity index (χ4v) is 6.02. The van der Waals surface area contributed by atoms with E-state index in [2.05, 4.69) is 0 Å². The van der Waals surface area contributed by atoms with E-state index < -0.39 is 16.9 Å². The van der Waals surface area contributed by atoms with E-state index in [9.17, 15) is 19.7 Å². The zero-order valence-electron chi connectivity index (χ0n) is 24.5. The average Bonchev–Trinajstić information content (AvgIpc) is 3.34. The third-order valence-electron chi connectivity index (χ3n) is 7.06. The van der Waals surface area contributed by atoms with Crippen LogP contribution in [0.15, 0.2) is 93.9 Å². The van der Waals surface area contributed by atoms with Gasteiger partial charge < -0.3 is 14.2 Å². The molecule has 44 heavy (non-hydrogen) atoms. The van der Waals surface area contributed by atoms with E-state index in [1.807, 2.05) is 37.3 Å². The van der Waals surface area contributed by atoms with Gasteiger partial charge in [-0.1, -0.05) is 55.0 Å². The van der Waals surface area contributed by atoms with Crippen LogP contribution in [0.2, 0.25) is 0 Å². The highest BCUT2D eigenvalue weighted by molar-refractivity contribution is 7.07. The third kappa shape index (κ3) is 6.32. The Hall–Kier alpha value is -5.03. The molecule has 0 radical (unpaired) electrons. The number of nitrogens with zero attached hydrogens (tertiary/aromatic N) is 3. The average molecular weight is 614 g/mol. The van der Waals surface area contributed by atoms with Gasteiger partial charge in [0.1, 0.15) is 24.1 Å². The van der Waals surface area contributed by atoms with Crippen molar-refractivity contribution >= 4 is 29.1 Å². The monoisotopic (exact) mass is 613 g/mol. The van der Waals surface area contributed by atoms with Crippen LogP contribution in [0.25, 0.3) is 6.08 Å². The second-order valence-electron chi connectivity index (χ2n) is 9.94. The van der Waals surface area contributed by atoms with E-state index in [0.29, 0.717) is 44.1 Å². The minimum Gasteiger partial charge on any atom is -0.496 e. The first-order chi connectivity index (χ1) is 21.3. The normalized spacial score (nSPS) is 14.5. The number of ether oxygens (including phenoxy) is 3. The summed E-state index contributed by atoms with van der Waals surface area (Å²) in [4.78, 5) is 43.1. The Morgan fingerprint density at radius 3 is 2.45 bits per heavy atom. The van der Waals surface area contributed by atoms with Gasteiger partial charge >= 0.3 is 5.97 Å². The number of esters is 1. The number of nitro benzene ring substituents is 1. The minimum absolute atomic E-state index is 0.0244. The summed E-state index contributed by atoms with van der Waals surface area (Å²) in [5.74, 6) is 0.659. The largest absolute Gasteiger partial charge is 0.496 e. The molecule has 0 saturated heterocycles. The molecule has 11 heteroatoms. The number of benzene rings is 3. The van der Waals surface area contributed by atoms with Crippen LogP contribution < -0.4 is 24.4 Å². The number of hydrogen-bond acceptors (Lipinski definition) is 9. The number of nitro groups is 1. The molecule has 1 unspecified atom stereocenters. The van der Waals surface area contributed by atoms with Crippen molar-refractivity contribution in [2.75, 3.05) is 13.7 Å². The molecule has 4 aromatic rings. The lowest BCUT2D eigenvalue weighted by Gasteiger charge is -2.26. The standard InChI is InChI=1S/C33H31N3O7S/c1-4-8-26-29(32(38)42-5-2)30(25-9-6-7-10-27(25)41-3)35-31(37)28(44-33(35)34-26)19-21-13-17-24(18-14-21)43-20-22-11-15-23(16-12-22)36(39)40/h6-7,9-19,30H,4-5,8,20H2,1-3H3/b28-19-. The van der Waals surface area contributed by atoms with Crippen LogP contribution in [0.4, 0.5) is 5.69 Å². The van der Waals surface area contributed by atoms with Crippen LogP contribution >= 0.6 is 11.3 Å². The molecule has 0 saturated carbocycles. The molecule has 2 heterocycles. The zero-order valence-corrected chi connectivity index (χ0v) is 25.3. The van der Waals surface area contributed by atoms with Gasteiger partial charge in [0.25, 0.3) is 11.2 Å². The van der Waals surface area contributed by atoms with Crippen LogP contribution in [-0.4, -0.2) is 29.2 Å². The summed E-state index contributed by atoms with van der Waals surface area (Å²) in [7, 11) is 1.56. The summed E-state index contributed by atoms with van der Waals surface area (Å²) in [5, 5.41) is 10.9. The lowest BCUT2D eigenvalue weighted by Crippen LogP contribution is -2.40. The Balaban J connectivity index is 1.51. The van der Waals surface area contributed by atoms with Crippen molar-refractivity contribution < 1.29 is 23.9 Å². The molecule has 0 spiro atoms. The highest BCUT2D eigenvalue weighted by Crippen LogP contribution is 2.36. The van der Waals surface area contributed by atoms with Gasteiger partial charge in [-0.2, -0.15) is 0 Å². The second kappa shape index (κ2) is 13.5. The fourth-order valence-electron chi connectivity index (χ4n) is 5.00. The van der Waals surface area contributed by atoms with Crippen molar-refractivity contribution in [2.45, 2.75) is 39.3 Å². The van der Waals surface area contributed by atoms with Gasteiger partial charge in [-0.15, -0.1) is 0 Å². The Morgan fingerprint density at radius 1 is 1.07 bits per heavy atom. The molecule has 1 aromatic heterocycles. The lowest BCUT2D eigenvalue weighted by molar-refractivity contribution is -0.384. The molecular formula is C33H31N3O7S. The molecule has 1 atom stereocenters. The zero-order chi connectivity index (χ0) is 31.2. The van der Waals surface area contributed by atoms with Crippen molar-refractivity contribution in [3.8, 4) is 11.5 Å². The van der Waals surface area contributed by atoms with Crippen LogP contribution in [-0.2, 0) is 16.1 Å². The number of methoxy groups -OCH3 is 1. The van der Waals surface area contributed by atoms with Gasteiger partial charge in [0, 0.05) is 17.7 Å².